The molecular weight excluding hydrogens is 305 g/mol. The van der Waals surface area contributed by atoms with Crippen LogP contribution in [0.3, 0.4) is 0 Å². The molecule has 1 aromatic carbocycles. The monoisotopic (exact) mass is 312 g/mol. The highest BCUT2D eigenvalue weighted by Gasteiger charge is 2.30. The van der Waals surface area contributed by atoms with Crippen LogP contribution in [0.1, 0.15) is 5.56 Å². The van der Waals surface area contributed by atoms with Gasteiger partial charge in [-0.2, -0.15) is 13.2 Å². The fourth-order valence-corrected chi connectivity index (χ4v) is 2.27. The van der Waals surface area contributed by atoms with Crippen molar-refractivity contribution in [2.24, 2.45) is 0 Å². The molecule has 0 amide bonds. The van der Waals surface area contributed by atoms with Gasteiger partial charge in [0.2, 0.25) is 0 Å². The van der Waals surface area contributed by atoms with Crippen molar-refractivity contribution in [3.8, 4) is 17.1 Å². The highest BCUT2D eigenvalue weighted by molar-refractivity contribution is 6.33. The van der Waals surface area contributed by atoms with Crippen molar-refractivity contribution in [2.45, 2.75) is 6.18 Å². The molecule has 1 N–H and O–H groups in total. The highest BCUT2D eigenvalue weighted by atomic mass is 35.5. The lowest BCUT2D eigenvalue weighted by atomic mass is 10.1. The van der Waals surface area contributed by atoms with Crippen molar-refractivity contribution in [1.29, 1.82) is 0 Å². The van der Waals surface area contributed by atoms with Crippen LogP contribution in [-0.4, -0.2) is 14.5 Å². The standard InChI is InChI=1S/C14H8ClF3N2O/c15-12-11-7-10(21)5-6-20(11)13(19-12)8-1-3-9(4-2-8)14(16,17)18/h1-7,21H. The predicted molar refractivity (Wildman–Crippen MR) is 72.3 cm³/mol. The Morgan fingerprint density at radius 1 is 1.10 bits per heavy atom. The lowest BCUT2D eigenvalue weighted by molar-refractivity contribution is -0.137. The largest absolute Gasteiger partial charge is 0.508 e. The lowest BCUT2D eigenvalue weighted by Gasteiger charge is -2.07. The Morgan fingerprint density at radius 3 is 2.38 bits per heavy atom. The molecule has 7 heteroatoms. The second-order valence-corrected chi connectivity index (χ2v) is 4.80. The first-order valence-corrected chi connectivity index (χ1v) is 6.28. The third-order valence-corrected chi connectivity index (χ3v) is 3.33. The minimum absolute atomic E-state index is 0.0308. The Bertz CT molecular complexity index is 809. The van der Waals surface area contributed by atoms with E-state index in [4.69, 9.17) is 11.6 Å². The number of aromatic hydroxyl groups is 1. The van der Waals surface area contributed by atoms with Crippen LogP contribution in [-0.2, 0) is 6.18 Å². The average Bonchev–Trinajstić information content (AvgIpc) is 2.75. The van der Waals surface area contributed by atoms with Gasteiger partial charge in [-0.25, -0.2) is 4.98 Å². The van der Waals surface area contributed by atoms with E-state index in [1.807, 2.05) is 0 Å². The summed E-state index contributed by atoms with van der Waals surface area (Å²) in [6.07, 6.45) is -2.83. The first-order valence-electron chi connectivity index (χ1n) is 5.90. The number of nitrogens with zero attached hydrogens (tertiary/aromatic N) is 2. The summed E-state index contributed by atoms with van der Waals surface area (Å²) in [6.45, 7) is 0. The van der Waals surface area contributed by atoms with E-state index in [0.29, 0.717) is 16.9 Å². The van der Waals surface area contributed by atoms with Gasteiger partial charge in [-0.1, -0.05) is 23.7 Å². The van der Waals surface area contributed by atoms with Crippen LogP contribution >= 0.6 is 11.6 Å². The number of fused-ring (bicyclic) bond motifs is 1. The number of hydrogen-bond acceptors (Lipinski definition) is 2. The Labute approximate surface area is 122 Å². The van der Waals surface area contributed by atoms with Crippen LogP contribution in [0, 0.1) is 0 Å². The first-order chi connectivity index (χ1) is 9.86. The topological polar surface area (TPSA) is 37.5 Å². The summed E-state index contributed by atoms with van der Waals surface area (Å²) in [5, 5.41) is 9.60. The number of alkyl halides is 3. The third kappa shape index (κ3) is 2.42. The number of hydrogen-bond donors (Lipinski definition) is 1. The van der Waals surface area contributed by atoms with Gasteiger partial charge in [0, 0.05) is 17.8 Å². The summed E-state index contributed by atoms with van der Waals surface area (Å²) in [5.74, 6) is 0.437. The second-order valence-electron chi connectivity index (χ2n) is 4.44. The summed E-state index contributed by atoms with van der Waals surface area (Å²) in [6, 6.07) is 7.53. The molecule has 0 saturated heterocycles. The third-order valence-electron chi connectivity index (χ3n) is 3.05. The fourth-order valence-electron chi connectivity index (χ4n) is 2.05. The van der Waals surface area contributed by atoms with Crippen molar-refractivity contribution < 1.29 is 18.3 Å². The molecule has 0 aliphatic heterocycles. The molecule has 0 fully saturated rings. The molecule has 21 heavy (non-hydrogen) atoms. The fraction of sp³-hybridized carbons (Fsp3) is 0.0714. The van der Waals surface area contributed by atoms with Crippen molar-refractivity contribution in [3.05, 3.63) is 53.3 Å². The van der Waals surface area contributed by atoms with E-state index in [1.54, 1.807) is 10.6 Å². The molecule has 2 aromatic heterocycles. The summed E-state index contributed by atoms with van der Waals surface area (Å²) in [7, 11) is 0. The summed E-state index contributed by atoms with van der Waals surface area (Å²) in [4.78, 5) is 4.13. The molecule has 0 spiro atoms. The maximum absolute atomic E-state index is 12.6. The molecule has 0 saturated carbocycles. The quantitative estimate of drug-likeness (QED) is 0.724. The molecule has 3 aromatic rings. The van der Waals surface area contributed by atoms with Gasteiger partial charge in [0.1, 0.15) is 11.6 Å². The number of aromatic nitrogens is 2. The van der Waals surface area contributed by atoms with E-state index in [0.717, 1.165) is 12.1 Å². The molecule has 0 radical (unpaired) electrons. The maximum Gasteiger partial charge on any atom is 0.416 e. The van der Waals surface area contributed by atoms with E-state index >= 15 is 0 Å². The van der Waals surface area contributed by atoms with Crippen molar-refractivity contribution >= 4 is 17.1 Å². The van der Waals surface area contributed by atoms with Gasteiger partial charge < -0.3 is 5.11 Å². The highest BCUT2D eigenvalue weighted by Crippen LogP contribution is 2.32. The molecule has 0 aliphatic carbocycles. The number of pyridine rings is 1. The molecule has 0 atom stereocenters. The average molecular weight is 313 g/mol. The molecule has 3 nitrogen and oxygen atoms in total. The van der Waals surface area contributed by atoms with E-state index in [9.17, 15) is 18.3 Å². The zero-order valence-corrected chi connectivity index (χ0v) is 11.2. The molecular formula is C14H8ClF3N2O. The maximum atomic E-state index is 12.6. The Morgan fingerprint density at radius 2 is 1.76 bits per heavy atom. The van der Waals surface area contributed by atoms with E-state index in [1.165, 1.54) is 24.3 Å². The van der Waals surface area contributed by atoms with Crippen molar-refractivity contribution in [1.82, 2.24) is 9.38 Å². The van der Waals surface area contributed by atoms with Gasteiger partial charge in [0.05, 0.1) is 11.1 Å². The van der Waals surface area contributed by atoms with Crippen LogP contribution in [0.5, 0.6) is 5.75 Å². The van der Waals surface area contributed by atoms with Gasteiger partial charge >= 0.3 is 6.18 Å². The van der Waals surface area contributed by atoms with Gasteiger partial charge in [0.15, 0.2) is 5.15 Å². The zero-order valence-electron chi connectivity index (χ0n) is 10.4. The van der Waals surface area contributed by atoms with Crippen molar-refractivity contribution in [2.75, 3.05) is 0 Å². The Hall–Kier alpha value is -2.21. The second kappa shape index (κ2) is 4.66. The van der Waals surface area contributed by atoms with Gasteiger partial charge in [-0.15, -0.1) is 0 Å². The van der Waals surface area contributed by atoms with Gasteiger partial charge in [-0.05, 0) is 18.2 Å². The Kier molecular flexibility index (Phi) is 3.06. The zero-order chi connectivity index (χ0) is 15.2. The van der Waals surface area contributed by atoms with Crippen LogP contribution in [0.25, 0.3) is 16.9 Å². The number of rotatable bonds is 1. The van der Waals surface area contributed by atoms with Gasteiger partial charge in [0.25, 0.3) is 0 Å². The SMILES string of the molecule is Oc1ccn2c(-c3ccc(C(F)(F)F)cc3)nc(Cl)c2c1. The first kappa shape index (κ1) is 13.8. The molecule has 0 unspecified atom stereocenters. The predicted octanol–water partition coefficient (Wildman–Crippen LogP) is 4.38. The smallest absolute Gasteiger partial charge is 0.416 e. The van der Waals surface area contributed by atoms with Crippen LogP contribution in [0.4, 0.5) is 13.2 Å². The van der Waals surface area contributed by atoms with E-state index in [2.05, 4.69) is 4.98 Å². The van der Waals surface area contributed by atoms with Crippen LogP contribution in [0.2, 0.25) is 5.15 Å². The number of halogens is 4. The minimum Gasteiger partial charge on any atom is -0.508 e. The lowest BCUT2D eigenvalue weighted by Crippen LogP contribution is -2.04. The molecule has 2 heterocycles. The number of imidazole rings is 1. The molecule has 0 aliphatic rings. The molecule has 0 bridgehead atoms. The summed E-state index contributed by atoms with van der Waals surface area (Å²) < 4.78 is 39.3. The van der Waals surface area contributed by atoms with E-state index in [-0.39, 0.29) is 10.9 Å². The summed E-state index contributed by atoms with van der Waals surface area (Å²) in [5.41, 5.74) is 0.248. The minimum atomic E-state index is -4.38. The van der Waals surface area contributed by atoms with Crippen molar-refractivity contribution in [3.63, 3.8) is 0 Å². The van der Waals surface area contributed by atoms with Crippen LogP contribution in [0.15, 0.2) is 42.6 Å². The van der Waals surface area contributed by atoms with Crippen LogP contribution < -0.4 is 0 Å². The normalized spacial score (nSPS) is 12.0. The molecule has 3 rings (SSSR count). The van der Waals surface area contributed by atoms with Gasteiger partial charge in [-0.3, -0.25) is 4.40 Å². The summed E-state index contributed by atoms with van der Waals surface area (Å²) >= 11 is 5.98. The molecule has 108 valence electrons. The number of benzene rings is 1. The van der Waals surface area contributed by atoms with E-state index < -0.39 is 11.7 Å². The Balaban J connectivity index is 2.13.